The summed E-state index contributed by atoms with van der Waals surface area (Å²) >= 11 is 0. The highest BCUT2D eigenvalue weighted by Gasteiger charge is 2.41. The molecule has 7 nitrogen and oxygen atoms in total. The molecule has 32 heavy (non-hydrogen) atoms. The largest absolute Gasteiger partial charge is 0.465 e. The Balaban J connectivity index is 1.69. The van der Waals surface area contributed by atoms with Crippen LogP contribution in [0.5, 0.6) is 0 Å². The van der Waals surface area contributed by atoms with Gasteiger partial charge in [-0.05, 0) is 68.7 Å². The molecule has 0 amide bonds. The fourth-order valence-electron chi connectivity index (χ4n) is 4.46. The van der Waals surface area contributed by atoms with Crippen LogP contribution in [0.4, 0.5) is 0 Å². The Bertz CT molecular complexity index is 1400. The van der Waals surface area contributed by atoms with Gasteiger partial charge >= 0.3 is 0 Å². The van der Waals surface area contributed by atoms with Crippen molar-refractivity contribution in [3.05, 3.63) is 89.2 Å². The van der Waals surface area contributed by atoms with Crippen molar-refractivity contribution in [3.8, 4) is 11.1 Å². The second-order valence-electron chi connectivity index (χ2n) is 8.42. The average Bonchev–Trinajstić information content (AvgIpc) is 3.19. The minimum Gasteiger partial charge on any atom is -0.465 e. The zero-order chi connectivity index (χ0) is 21.9. The fourth-order valence-corrected chi connectivity index (χ4v) is 4.46. The van der Waals surface area contributed by atoms with Gasteiger partial charge in [-0.1, -0.05) is 11.2 Å². The molecule has 0 aliphatic heterocycles. The second-order valence-corrected chi connectivity index (χ2v) is 8.42. The third-order valence-corrected chi connectivity index (χ3v) is 6.19. The number of hydrogen-bond donors (Lipinski definition) is 2. The summed E-state index contributed by atoms with van der Waals surface area (Å²) in [5.74, 6) is 2.47. The lowest BCUT2D eigenvalue weighted by Gasteiger charge is -2.27. The highest BCUT2D eigenvalue weighted by Crippen LogP contribution is 2.44. The summed E-state index contributed by atoms with van der Waals surface area (Å²) < 4.78 is 11.2. The Hall–Kier alpha value is -3.71. The topological polar surface area (TPSA) is 101 Å². The lowest BCUT2D eigenvalue weighted by Crippen LogP contribution is -2.30. The third kappa shape index (κ3) is 2.81. The lowest BCUT2D eigenvalue weighted by molar-refractivity contribution is 0.0958. The van der Waals surface area contributed by atoms with Crippen molar-refractivity contribution in [1.82, 2.24) is 20.1 Å². The van der Waals surface area contributed by atoms with Gasteiger partial charge in [0.05, 0.1) is 28.7 Å². The van der Waals surface area contributed by atoms with E-state index in [1.807, 2.05) is 38.1 Å². The number of imidazole rings is 1. The Labute approximate surface area is 184 Å². The van der Waals surface area contributed by atoms with Crippen LogP contribution in [-0.2, 0) is 5.60 Å². The first-order valence-electron chi connectivity index (χ1n) is 10.7. The number of H-pyrrole nitrogens is 1. The molecule has 1 aromatic carbocycles. The van der Waals surface area contributed by atoms with Crippen LogP contribution < -0.4 is 0 Å². The maximum Gasteiger partial charge on any atom is 0.192 e. The Morgan fingerprint density at radius 3 is 2.66 bits per heavy atom. The molecular formula is C25H22N4O3. The maximum atomic E-state index is 12.3. The minimum absolute atomic E-state index is 0.379. The number of aromatic amines is 1. The van der Waals surface area contributed by atoms with Gasteiger partial charge in [0.15, 0.2) is 5.60 Å². The van der Waals surface area contributed by atoms with E-state index in [9.17, 15) is 5.11 Å². The van der Waals surface area contributed by atoms with Crippen molar-refractivity contribution < 1.29 is 14.0 Å². The van der Waals surface area contributed by atoms with E-state index in [0.717, 1.165) is 41.0 Å². The number of nitrogens with zero attached hydrogens (tertiary/aromatic N) is 3. The molecule has 1 aliphatic carbocycles. The molecule has 4 aromatic heterocycles. The molecule has 160 valence electrons. The first-order chi connectivity index (χ1) is 15.6. The van der Waals surface area contributed by atoms with E-state index in [-0.39, 0.29) is 0 Å². The van der Waals surface area contributed by atoms with Gasteiger partial charge in [0.2, 0.25) is 0 Å². The van der Waals surface area contributed by atoms with Crippen LogP contribution in [0.3, 0.4) is 0 Å². The van der Waals surface area contributed by atoms with E-state index in [2.05, 4.69) is 15.1 Å². The van der Waals surface area contributed by atoms with Gasteiger partial charge in [-0.2, -0.15) is 0 Å². The molecule has 1 unspecified atom stereocenters. The molecule has 0 bridgehead atoms. The van der Waals surface area contributed by atoms with Crippen LogP contribution >= 0.6 is 0 Å². The van der Waals surface area contributed by atoms with Gasteiger partial charge in [-0.3, -0.25) is 4.98 Å². The number of nitrogens with one attached hydrogen (secondary N) is 1. The van der Waals surface area contributed by atoms with Crippen LogP contribution in [0.1, 0.15) is 53.1 Å². The summed E-state index contributed by atoms with van der Waals surface area (Å²) in [6.07, 6.45) is 5.46. The van der Waals surface area contributed by atoms with E-state index in [1.165, 1.54) is 0 Å². The number of hydrogen-bond acceptors (Lipinski definition) is 6. The Kier molecular flexibility index (Phi) is 4.10. The lowest BCUT2D eigenvalue weighted by atomic mass is 9.84. The summed E-state index contributed by atoms with van der Waals surface area (Å²) in [7, 11) is 0. The standard InChI is InChI=1S/C25H22N4O3/c1-14-22(15(2)32-29-14)17-12-18(23-19(13-17)27-24(28-23)16-8-9-16)25(30,21-7-5-11-31-21)20-6-3-4-10-26-20/h3-7,10-13,16,30H,8-9H2,1-2H3,(H,27,28). The normalized spacial score (nSPS) is 15.8. The number of rotatable bonds is 5. The fraction of sp³-hybridized carbons (Fsp3) is 0.240. The van der Waals surface area contributed by atoms with Crippen LogP contribution in [0, 0.1) is 13.8 Å². The Morgan fingerprint density at radius 2 is 2.00 bits per heavy atom. The second kappa shape index (κ2) is 6.90. The van der Waals surface area contributed by atoms with Crippen molar-refractivity contribution in [2.75, 3.05) is 0 Å². The molecule has 7 heteroatoms. The van der Waals surface area contributed by atoms with E-state index >= 15 is 0 Å². The van der Waals surface area contributed by atoms with E-state index in [4.69, 9.17) is 13.9 Å². The molecule has 1 aliphatic rings. The number of aryl methyl sites for hydroxylation is 2. The van der Waals surface area contributed by atoms with Crippen molar-refractivity contribution in [2.45, 2.75) is 38.2 Å². The van der Waals surface area contributed by atoms with Gasteiger partial charge in [-0.25, -0.2) is 4.98 Å². The molecule has 0 spiro atoms. The van der Waals surface area contributed by atoms with Crippen molar-refractivity contribution in [2.24, 2.45) is 0 Å². The van der Waals surface area contributed by atoms with Gasteiger partial charge in [0.25, 0.3) is 0 Å². The van der Waals surface area contributed by atoms with Gasteiger partial charge < -0.3 is 19.0 Å². The molecule has 2 N–H and O–H groups in total. The number of benzene rings is 1. The SMILES string of the molecule is Cc1noc(C)c1-c1cc(C(O)(c2ccccn2)c2ccco2)c2nc(C3CC3)[nH]c2c1. The predicted molar refractivity (Wildman–Crippen MR) is 118 cm³/mol. The molecule has 1 fully saturated rings. The summed E-state index contributed by atoms with van der Waals surface area (Å²) in [5.41, 5.74) is 3.55. The number of aromatic nitrogens is 4. The average molecular weight is 426 g/mol. The molecule has 0 radical (unpaired) electrons. The van der Waals surface area contributed by atoms with Crippen molar-refractivity contribution in [1.29, 1.82) is 0 Å². The zero-order valence-electron chi connectivity index (χ0n) is 17.8. The first kappa shape index (κ1) is 19.0. The number of pyridine rings is 1. The molecule has 4 heterocycles. The number of fused-ring (bicyclic) bond motifs is 1. The summed E-state index contributed by atoms with van der Waals surface area (Å²) in [5, 5.41) is 16.4. The highest BCUT2D eigenvalue weighted by molar-refractivity contribution is 5.88. The molecule has 5 aromatic rings. The van der Waals surface area contributed by atoms with Crippen LogP contribution in [-0.4, -0.2) is 25.2 Å². The quantitative estimate of drug-likeness (QED) is 0.411. The smallest absolute Gasteiger partial charge is 0.192 e. The molecular weight excluding hydrogens is 404 g/mol. The summed E-state index contributed by atoms with van der Waals surface area (Å²) in [6, 6.07) is 13.0. The van der Waals surface area contributed by atoms with Gasteiger partial charge in [0, 0.05) is 23.2 Å². The molecule has 1 atom stereocenters. The Morgan fingerprint density at radius 1 is 1.12 bits per heavy atom. The highest BCUT2D eigenvalue weighted by atomic mass is 16.5. The van der Waals surface area contributed by atoms with Crippen LogP contribution in [0.2, 0.25) is 0 Å². The zero-order valence-corrected chi connectivity index (χ0v) is 17.8. The van der Waals surface area contributed by atoms with Gasteiger partial charge in [0.1, 0.15) is 17.3 Å². The minimum atomic E-state index is -1.63. The van der Waals surface area contributed by atoms with Crippen molar-refractivity contribution in [3.63, 3.8) is 0 Å². The summed E-state index contributed by atoms with van der Waals surface area (Å²) in [4.78, 5) is 12.9. The molecule has 0 saturated heterocycles. The molecule has 6 rings (SSSR count). The maximum absolute atomic E-state index is 12.3. The monoisotopic (exact) mass is 426 g/mol. The predicted octanol–water partition coefficient (Wildman–Crippen LogP) is 4.98. The first-order valence-corrected chi connectivity index (χ1v) is 10.7. The summed E-state index contributed by atoms with van der Waals surface area (Å²) in [6.45, 7) is 3.80. The van der Waals surface area contributed by atoms with Crippen LogP contribution in [0.15, 0.2) is 63.9 Å². The van der Waals surface area contributed by atoms with Crippen LogP contribution in [0.25, 0.3) is 22.2 Å². The number of furan rings is 1. The van der Waals surface area contributed by atoms with Crippen molar-refractivity contribution >= 4 is 11.0 Å². The van der Waals surface area contributed by atoms with Gasteiger partial charge in [-0.15, -0.1) is 0 Å². The third-order valence-electron chi connectivity index (χ3n) is 6.19. The van der Waals surface area contributed by atoms with E-state index in [0.29, 0.717) is 34.2 Å². The van der Waals surface area contributed by atoms with E-state index < -0.39 is 5.60 Å². The molecule has 1 saturated carbocycles. The van der Waals surface area contributed by atoms with E-state index in [1.54, 1.807) is 30.7 Å². The number of aliphatic hydroxyl groups is 1.